The second-order valence-electron chi connectivity index (χ2n) is 8.93. The minimum absolute atomic E-state index is 0.114. The Labute approximate surface area is 192 Å². The summed E-state index contributed by atoms with van der Waals surface area (Å²) in [6.07, 6.45) is 4.42. The first kappa shape index (κ1) is 21.8. The molecule has 2 saturated heterocycles. The van der Waals surface area contributed by atoms with Crippen LogP contribution in [0.5, 0.6) is 0 Å². The molecule has 1 aromatic carbocycles. The number of likely N-dealkylation sites (tertiary alicyclic amines) is 1. The van der Waals surface area contributed by atoms with Gasteiger partial charge in [-0.05, 0) is 32.6 Å². The molecule has 9 heteroatoms. The van der Waals surface area contributed by atoms with Gasteiger partial charge in [0.1, 0.15) is 0 Å². The monoisotopic (exact) mass is 451 g/mol. The SMILES string of the molecule is Cc1ccc(-c2noc(CCCC(=O)N3CCC(c4nc(C5CCOCC5)no4)C3)n2)cc1. The lowest BCUT2D eigenvalue weighted by atomic mass is 10.00. The predicted molar refractivity (Wildman–Crippen MR) is 118 cm³/mol. The van der Waals surface area contributed by atoms with Crippen molar-refractivity contribution in [2.75, 3.05) is 26.3 Å². The zero-order valence-corrected chi connectivity index (χ0v) is 18.9. The van der Waals surface area contributed by atoms with E-state index in [0.29, 0.717) is 49.3 Å². The maximum atomic E-state index is 12.7. The Hall–Kier alpha value is -3.07. The molecule has 4 heterocycles. The summed E-state index contributed by atoms with van der Waals surface area (Å²) in [6, 6.07) is 8.00. The lowest BCUT2D eigenvalue weighted by molar-refractivity contribution is -0.130. The van der Waals surface area contributed by atoms with E-state index in [9.17, 15) is 4.79 Å². The Kier molecular flexibility index (Phi) is 6.48. The first-order valence-corrected chi connectivity index (χ1v) is 11.7. The Bertz CT molecular complexity index is 1070. The molecule has 9 nitrogen and oxygen atoms in total. The van der Waals surface area contributed by atoms with Crippen molar-refractivity contribution in [2.24, 2.45) is 0 Å². The predicted octanol–water partition coefficient (Wildman–Crippen LogP) is 3.66. The molecule has 2 aliphatic rings. The fourth-order valence-corrected chi connectivity index (χ4v) is 4.45. The summed E-state index contributed by atoms with van der Waals surface area (Å²) >= 11 is 0. The van der Waals surface area contributed by atoms with Crippen molar-refractivity contribution in [1.29, 1.82) is 0 Å². The molecule has 1 atom stereocenters. The van der Waals surface area contributed by atoms with Gasteiger partial charge in [0.25, 0.3) is 0 Å². The summed E-state index contributed by atoms with van der Waals surface area (Å²) in [5, 5.41) is 8.26. The summed E-state index contributed by atoms with van der Waals surface area (Å²) in [4.78, 5) is 23.7. The van der Waals surface area contributed by atoms with E-state index in [1.165, 1.54) is 5.56 Å². The molecule has 5 rings (SSSR count). The quantitative estimate of drug-likeness (QED) is 0.536. The maximum absolute atomic E-state index is 12.7. The molecule has 0 aliphatic carbocycles. The molecule has 0 radical (unpaired) electrons. The van der Waals surface area contributed by atoms with Crippen molar-refractivity contribution < 1.29 is 18.6 Å². The van der Waals surface area contributed by atoms with Crippen molar-refractivity contribution in [1.82, 2.24) is 25.2 Å². The minimum atomic E-state index is 0.114. The van der Waals surface area contributed by atoms with Crippen LogP contribution in [-0.4, -0.2) is 57.4 Å². The molecule has 0 spiro atoms. The van der Waals surface area contributed by atoms with Gasteiger partial charge in [-0.3, -0.25) is 4.79 Å². The highest BCUT2D eigenvalue weighted by Gasteiger charge is 2.32. The molecule has 0 saturated carbocycles. The molecule has 2 fully saturated rings. The summed E-state index contributed by atoms with van der Waals surface area (Å²) < 4.78 is 16.3. The van der Waals surface area contributed by atoms with E-state index < -0.39 is 0 Å². The number of aryl methyl sites for hydroxylation is 2. The molecule has 2 aliphatic heterocycles. The third kappa shape index (κ3) is 5.13. The number of carbonyl (C=O) groups excluding carboxylic acids is 1. The van der Waals surface area contributed by atoms with E-state index >= 15 is 0 Å². The molecule has 1 amide bonds. The van der Waals surface area contributed by atoms with Crippen molar-refractivity contribution in [2.45, 2.75) is 57.3 Å². The van der Waals surface area contributed by atoms with Crippen LogP contribution in [0.4, 0.5) is 0 Å². The first-order chi connectivity index (χ1) is 16.2. The van der Waals surface area contributed by atoms with E-state index in [2.05, 4.69) is 20.3 Å². The normalized spacial score (nSPS) is 19.3. The fraction of sp³-hybridized carbons (Fsp3) is 0.542. The standard InChI is InChI=1S/C24H29N5O4/c1-16-5-7-17(8-6-16)22-25-20(32-27-22)3-2-4-21(30)29-12-9-19(15-29)24-26-23(28-33-24)18-10-13-31-14-11-18/h5-8,18-19H,2-4,9-15H2,1H3. The third-order valence-corrected chi connectivity index (χ3v) is 6.49. The molecular formula is C24H29N5O4. The van der Waals surface area contributed by atoms with Crippen LogP contribution in [0.15, 0.2) is 33.3 Å². The van der Waals surface area contributed by atoms with Crippen LogP contribution in [-0.2, 0) is 16.0 Å². The molecule has 33 heavy (non-hydrogen) atoms. The van der Waals surface area contributed by atoms with E-state index in [1.54, 1.807) is 0 Å². The molecular weight excluding hydrogens is 422 g/mol. The van der Waals surface area contributed by atoms with E-state index in [4.69, 9.17) is 13.8 Å². The van der Waals surface area contributed by atoms with Gasteiger partial charge in [-0.15, -0.1) is 0 Å². The highest BCUT2D eigenvalue weighted by molar-refractivity contribution is 5.76. The second-order valence-corrected chi connectivity index (χ2v) is 8.93. The number of carbonyl (C=O) groups is 1. The van der Waals surface area contributed by atoms with Crippen LogP contribution in [0, 0.1) is 6.92 Å². The van der Waals surface area contributed by atoms with Crippen LogP contribution in [0.25, 0.3) is 11.4 Å². The lowest BCUT2D eigenvalue weighted by Crippen LogP contribution is -2.28. The summed E-state index contributed by atoms with van der Waals surface area (Å²) in [6.45, 7) is 4.88. The highest BCUT2D eigenvalue weighted by Crippen LogP contribution is 2.30. The summed E-state index contributed by atoms with van der Waals surface area (Å²) in [5.41, 5.74) is 2.11. The Morgan fingerprint density at radius 3 is 2.67 bits per heavy atom. The first-order valence-electron chi connectivity index (χ1n) is 11.7. The molecule has 0 N–H and O–H groups in total. The number of amides is 1. The van der Waals surface area contributed by atoms with E-state index in [1.807, 2.05) is 36.1 Å². The number of benzene rings is 1. The lowest BCUT2D eigenvalue weighted by Gasteiger charge is -2.18. The smallest absolute Gasteiger partial charge is 0.231 e. The largest absolute Gasteiger partial charge is 0.381 e. The van der Waals surface area contributed by atoms with Gasteiger partial charge in [-0.25, -0.2) is 0 Å². The summed E-state index contributed by atoms with van der Waals surface area (Å²) in [7, 11) is 0. The maximum Gasteiger partial charge on any atom is 0.231 e. The molecule has 0 bridgehead atoms. The van der Waals surface area contributed by atoms with Gasteiger partial charge in [0.15, 0.2) is 5.82 Å². The minimum Gasteiger partial charge on any atom is -0.381 e. The zero-order chi connectivity index (χ0) is 22.6. The second kappa shape index (κ2) is 9.82. The number of rotatable bonds is 7. The molecule has 3 aromatic rings. The van der Waals surface area contributed by atoms with Gasteiger partial charge in [0.2, 0.25) is 23.5 Å². The van der Waals surface area contributed by atoms with Crippen molar-refractivity contribution in [3.8, 4) is 11.4 Å². The Balaban J connectivity index is 1.08. The highest BCUT2D eigenvalue weighted by atomic mass is 16.5. The number of ether oxygens (including phenoxy) is 1. The van der Waals surface area contributed by atoms with Gasteiger partial charge in [-0.2, -0.15) is 9.97 Å². The Morgan fingerprint density at radius 1 is 1.03 bits per heavy atom. The molecule has 174 valence electrons. The van der Waals surface area contributed by atoms with E-state index in [0.717, 1.165) is 50.4 Å². The van der Waals surface area contributed by atoms with Crippen LogP contribution >= 0.6 is 0 Å². The van der Waals surface area contributed by atoms with Gasteiger partial charge in [0, 0.05) is 50.6 Å². The number of aromatic nitrogens is 4. The van der Waals surface area contributed by atoms with E-state index in [-0.39, 0.29) is 11.8 Å². The van der Waals surface area contributed by atoms with Crippen LogP contribution in [0.1, 0.15) is 67.1 Å². The van der Waals surface area contributed by atoms with Crippen LogP contribution < -0.4 is 0 Å². The average Bonchev–Trinajstić information content (AvgIpc) is 3.60. The van der Waals surface area contributed by atoms with Crippen LogP contribution in [0.2, 0.25) is 0 Å². The average molecular weight is 452 g/mol. The Morgan fingerprint density at radius 2 is 1.85 bits per heavy atom. The van der Waals surface area contributed by atoms with Crippen molar-refractivity contribution in [3.63, 3.8) is 0 Å². The van der Waals surface area contributed by atoms with Crippen molar-refractivity contribution in [3.05, 3.63) is 47.4 Å². The fourth-order valence-electron chi connectivity index (χ4n) is 4.45. The van der Waals surface area contributed by atoms with Gasteiger partial charge in [0.05, 0.1) is 5.92 Å². The topological polar surface area (TPSA) is 107 Å². The van der Waals surface area contributed by atoms with Gasteiger partial charge < -0.3 is 18.7 Å². The third-order valence-electron chi connectivity index (χ3n) is 6.49. The molecule has 2 aromatic heterocycles. The number of nitrogens with zero attached hydrogens (tertiary/aromatic N) is 5. The molecule has 1 unspecified atom stereocenters. The number of hydrogen-bond donors (Lipinski definition) is 0. The number of hydrogen-bond acceptors (Lipinski definition) is 8. The summed E-state index contributed by atoms with van der Waals surface area (Å²) in [5.74, 6) is 3.14. The van der Waals surface area contributed by atoms with Gasteiger partial charge >= 0.3 is 0 Å². The van der Waals surface area contributed by atoms with Gasteiger partial charge in [-0.1, -0.05) is 40.1 Å². The van der Waals surface area contributed by atoms with Crippen molar-refractivity contribution >= 4 is 5.91 Å². The zero-order valence-electron chi connectivity index (χ0n) is 18.9. The van der Waals surface area contributed by atoms with Crippen LogP contribution in [0.3, 0.4) is 0 Å².